The monoisotopic (exact) mass is 813 g/mol. The van der Waals surface area contributed by atoms with Crippen LogP contribution in [0.25, 0.3) is 0 Å². The van der Waals surface area contributed by atoms with Gasteiger partial charge in [0.1, 0.15) is 0 Å². The molecular formula is C43H40P2Pt. The molecule has 0 unspecified atom stereocenters. The Labute approximate surface area is 293 Å². The Morgan fingerprint density at radius 3 is 0.674 bits per heavy atom. The summed E-state index contributed by atoms with van der Waals surface area (Å²) in [6.45, 7) is 0. The van der Waals surface area contributed by atoms with Crippen LogP contribution < -0.4 is 31.8 Å². The number of rotatable bonds is 6. The molecule has 0 bridgehead atoms. The molecule has 0 amide bonds. The van der Waals surface area contributed by atoms with Crippen molar-refractivity contribution >= 4 is 47.7 Å². The molecule has 0 N–H and O–H groups in total. The maximum atomic E-state index is 3.10. The van der Waals surface area contributed by atoms with Crippen molar-refractivity contribution in [3.63, 3.8) is 0 Å². The van der Waals surface area contributed by atoms with Gasteiger partial charge in [-0.25, -0.2) is 0 Å². The minimum Gasteiger partial charge on any atom is -0.103 e. The first-order valence-electron chi connectivity index (χ1n) is 15.8. The van der Waals surface area contributed by atoms with E-state index in [4.69, 9.17) is 0 Å². The van der Waals surface area contributed by atoms with Gasteiger partial charge in [-0.15, -0.1) is 11.8 Å². The van der Waals surface area contributed by atoms with Crippen LogP contribution >= 0.6 is 15.8 Å². The van der Waals surface area contributed by atoms with E-state index in [1.165, 1.54) is 51.1 Å². The smallest absolute Gasteiger partial charge is 0.00886 e. The molecule has 0 saturated heterocycles. The van der Waals surface area contributed by atoms with Gasteiger partial charge in [-0.2, -0.15) is 0 Å². The average molecular weight is 814 g/mol. The van der Waals surface area contributed by atoms with E-state index >= 15 is 0 Å². The van der Waals surface area contributed by atoms with Crippen molar-refractivity contribution in [2.24, 2.45) is 0 Å². The maximum Gasteiger partial charge on any atom is 0.00886 e. The fourth-order valence-electron chi connectivity index (χ4n) is 5.14. The standard InChI is InChI=1S/2C18H15P.C7H10.Pt/c2*1-4-10-16(11-5-1)19(17-12-6-2-7-13-17)18-14-8-3-9-15-18;1-2-4-6-7-5-3-1;/h2*1-15H;1-5H2;. The zero-order valence-electron chi connectivity index (χ0n) is 26.1. The molecule has 7 rings (SSSR count). The fraction of sp³-hybridized carbons (Fsp3) is 0.116. The molecule has 0 aromatic heterocycles. The van der Waals surface area contributed by atoms with Crippen molar-refractivity contribution in [2.75, 3.05) is 0 Å². The van der Waals surface area contributed by atoms with Gasteiger partial charge in [0.15, 0.2) is 0 Å². The molecule has 46 heavy (non-hydrogen) atoms. The molecule has 0 nitrogen and oxygen atoms in total. The minimum atomic E-state index is -0.446. The number of hydrogen-bond acceptors (Lipinski definition) is 0. The van der Waals surface area contributed by atoms with Crippen LogP contribution in [0.5, 0.6) is 0 Å². The first kappa shape index (κ1) is 35.3. The third-order valence-corrected chi connectivity index (χ3v) is 12.2. The third-order valence-electron chi connectivity index (χ3n) is 7.31. The van der Waals surface area contributed by atoms with Crippen LogP contribution in [-0.2, 0) is 21.1 Å². The zero-order chi connectivity index (χ0) is 30.8. The van der Waals surface area contributed by atoms with Crippen molar-refractivity contribution in [1.29, 1.82) is 0 Å². The summed E-state index contributed by atoms with van der Waals surface area (Å²) in [4.78, 5) is 0. The summed E-state index contributed by atoms with van der Waals surface area (Å²) in [5, 5.41) is 8.39. The molecular weight excluding hydrogens is 773 g/mol. The Bertz CT molecular complexity index is 1380. The molecule has 1 aliphatic carbocycles. The molecule has 0 heterocycles. The van der Waals surface area contributed by atoms with E-state index < -0.39 is 15.8 Å². The SMILES string of the molecule is C1#CCCCCC1.[Pt].c1ccc(P(c2ccccc2)c2ccccc2)cc1.c1ccc(P(c2ccccc2)c2ccccc2)cc1. The van der Waals surface area contributed by atoms with Gasteiger partial charge in [-0.05, 0) is 60.5 Å². The summed E-state index contributed by atoms with van der Waals surface area (Å²) < 4.78 is 0. The summed E-state index contributed by atoms with van der Waals surface area (Å²) in [6.07, 6.45) is 6.31. The van der Waals surface area contributed by atoms with E-state index in [1.807, 2.05) is 0 Å². The minimum absolute atomic E-state index is 0. The van der Waals surface area contributed by atoms with E-state index in [1.54, 1.807) is 0 Å². The fourth-order valence-corrected chi connectivity index (χ4v) is 9.75. The van der Waals surface area contributed by atoms with Crippen LogP contribution in [0.1, 0.15) is 32.1 Å². The Kier molecular flexibility index (Phi) is 15.7. The van der Waals surface area contributed by atoms with E-state index in [9.17, 15) is 0 Å². The number of benzene rings is 6. The van der Waals surface area contributed by atoms with Crippen LogP contribution in [0, 0.1) is 11.8 Å². The van der Waals surface area contributed by atoms with Crippen molar-refractivity contribution in [3.05, 3.63) is 182 Å². The van der Waals surface area contributed by atoms with Gasteiger partial charge >= 0.3 is 0 Å². The summed E-state index contributed by atoms with van der Waals surface area (Å²) >= 11 is 0. The average Bonchev–Trinajstić information content (AvgIpc) is 3.46. The van der Waals surface area contributed by atoms with Gasteiger partial charge in [0.2, 0.25) is 0 Å². The van der Waals surface area contributed by atoms with Gasteiger partial charge in [0.25, 0.3) is 0 Å². The van der Waals surface area contributed by atoms with E-state index in [-0.39, 0.29) is 21.1 Å². The van der Waals surface area contributed by atoms with Crippen LogP contribution in [0.15, 0.2) is 182 Å². The molecule has 232 valence electrons. The molecule has 1 aliphatic rings. The van der Waals surface area contributed by atoms with E-state index in [0.717, 1.165) is 12.8 Å². The number of hydrogen-bond donors (Lipinski definition) is 0. The second-order valence-corrected chi connectivity index (χ2v) is 15.0. The summed E-state index contributed by atoms with van der Waals surface area (Å²) in [6, 6.07) is 64.7. The van der Waals surface area contributed by atoms with Crippen molar-refractivity contribution in [1.82, 2.24) is 0 Å². The van der Waals surface area contributed by atoms with Crippen LogP contribution in [0.3, 0.4) is 0 Å². The molecule has 0 saturated carbocycles. The second kappa shape index (κ2) is 20.5. The zero-order valence-corrected chi connectivity index (χ0v) is 30.1. The molecule has 0 radical (unpaired) electrons. The first-order chi connectivity index (χ1) is 22.4. The van der Waals surface area contributed by atoms with Gasteiger partial charge in [-0.1, -0.05) is 188 Å². The Morgan fingerprint density at radius 2 is 0.478 bits per heavy atom. The van der Waals surface area contributed by atoms with Gasteiger partial charge in [0, 0.05) is 33.9 Å². The second-order valence-electron chi connectivity index (χ2n) is 10.6. The van der Waals surface area contributed by atoms with Crippen LogP contribution in [0.2, 0.25) is 0 Å². The third kappa shape index (κ3) is 11.0. The van der Waals surface area contributed by atoms with Gasteiger partial charge < -0.3 is 0 Å². The topological polar surface area (TPSA) is 0 Å². The Balaban J connectivity index is 0.000000170. The summed E-state index contributed by atoms with van der Waals surface area (Å²) in [5.74, 6) is 6.19. The summed E-state index contributed by atoms with van der Waals surface area (Å²) in [5.41, 5.74) is 0. The van der Waals surface area contributed by atoms with Crippen LogP contribution in [0.4, 0.5) is 0 Å². The molecule has 0 fully saturated rings. The quantitative estimate of drug-likeness (QED) is 0.117. The summed E-state index contributed by atoms with van der Waals surface area (Å²) in [7, 11) is -0.892. The van der Waals surface area contributed by atoms with Crippen molar-refractivity contribution in [2.45, 2.75) is 32.1 Å². The van der Waals surface area contributed by atoms with Crippen molar-refractivity contribution < 1.29 is 21.1 Å². The molecule has 0 spiro atoms. The van der Waals surface area contributed by atoms with Gasteiger partial charge in [-0.3, -0.25) is 0 Å². The largest absolute Gasteiger partial charge is 0.103 e. The Hall–Kier alpha value is -3.57. The molecule has 0 atom stereocenters. The molecule has 6 aromatic rings. The van der Waals surface area contributed by atoms with Crippen LogP contribution in [-0.4, -0.2) is 0 Å². The molecule has 6 aromatic carbocycles. The first-order valence-corrected chi connectivity index (χ1v) is 18.4. The normalized spacial score (nSPS) is 11.7. The molecule has 3 heteroatoms. The predicted octanol–water partition coefficient (Wildman–Crippen LogP) is 8.84. The van der Waals surface area contributed by atoms with E-state index in [2.05, 4.69) is 194 Å². The van der Waals surface area contributed by atoms with Gasteiger partial charge in [0.05, 0.1) is 0 Å². The maximum absolute atomic E-state index is 3.10. The van der Waals surface area contributed by atoms with Crippen molar-refractivity contribution in [3.8, 4) is 11.8 Å². The predicted molar refractivity (Wildman–Crippen MR) is 201 cm³/mol. The van der Waals surface area contributed by atoms with E-state index in [0.29, 0.717) is 0 Å². The Morgan fingerprint density at radius 1 is 0.283 bits per heavy atom. The molecule has 0 aliphatic heterocycles.